The minimum atomic E-state index is -0.815. The molecular formula is C16H17NO2S. The van der Waals surface area contributed by atoms with Crippen LogP contribution >= 0.6 is 11.3 Å². The second-order valence-electron chi connectivity index (χ2n) is 5.24. The van der Waals surface area contributed by atoms with Gasteiger partial charge in [0.05, 0.1) is 5.56 Å². The maximum Gasteiger partial charge on any atom is 0.335 e. The molecule has 0 unspecified atom stereocenters. The Labute approximate surface area is 122 Å². The third-order valence-corrected chi connectivity index (χ3v) is 4.92. The Bertz CT molecular complexity index is 648. The van der Waals surface area contributed by atoms with Crippen LogP contribution < -0.4 is 0 Å². The monoisotopic (exact) mass is 287 g/mol. The van der Waals surface area contributed by atoms with Crippen LogP contribution in [0.25, 0.3) is 0 Å². The summed E-state index contributed by atoms with van der Waals surface area (Å²) in [5, 5.41) is 11.4. The molecule has 0 radical (unpaired) electrons. The van der Waals surface area contributed by atoms with Gasteiger partial charge in [0.15, 0.2) is 0 Å². The Kier molecular flexibility index (Phi) is 3.59. The molecule has 1 aliphatic rings. The highest BCUT2D eigenvalue weighted by molar-refractivity contribution is 7.10. The predicted molar refractivity (Wildman–Crippen MR) is 80.3 cm³/mol. The summed E-state index contributed by atoms with van der Waals surface area (Å²) in [5.74, 6) is -0.815. The number of benzene rings is 1. The lowest BCUT2D eigenvalue weighted by Gasteiger charge is -2.29. The molecule has 0 saturated carbocycles. The Morgan fingerprint density at radius 1 is 1.40 bits per heavy atom. The van der Waals surface area contributed by atoms with Gasteiger partial charge in [-0.1, -0.05) is 12.1 Å². The van der Waals surface area contributed by atoms with Crippen LogP contribution in [0, 0.1) is 6.92 Å². The van der Waals surface area contributed by atoms with Crippen molar-refractivity contribution in [3.05, 3.63) is 56.8 Å². The quantitative estimate of drug-likeness (QED) is 0.941. The molecule has 0 bridgehead atoms. The molecule has 1 aliphatic heterocycles. The fourth-order valence-corrected chi connectivity index (χ4v) is 3.72. The first-order chi connectivity index (χ1) is 9.65. The molecule has 3 nitrogen and oxygen atoms in total. The molecule has 0 spiro atoms. The number of thiophene rings is 1. The number of fused-ring (bicyclic) bond motifs is 1. The molecule has 1 aromatic heterocycles. The van der Waals surface area contributed by atoms with E-state index in [1.54, 1.807) is 17.4 Å². The van der Waals surface area contributed by atoms with E-state index in [0.717, 1.165) is 37.2 Å². The first-order valence-corrected chi connectivity index (χ1v) is 7.62. The molecule has 4 heteroatoms. The van der Waals surface area contributed by atoms with Crippen molar-refractivity contribution in [3.63, 3.8) is 0 Å². The average Bonchev–Trinajstić information content (AvgIpc) is 2.83. The fourth-order valence-electron chi connectivity index (χ4n) is 2.77. The van der Waals surface area contributed by atoms with Crippen LogP contribution in [0.4, 0.5) is 0 Å². The maximum atomic E-state index is 11.2. The standard InChI is InChI=1S/C16H17NO2S/c1-11-6-8-20-15(11)10-17-7-5-13-12(9-17)3-2-4-14(13)16(18)19/h2-4,6,8H,5,7,9-10H2,1H3,(H,18,19). The van der Waals surface area contributed by atoms with E-state index < -0.39 is 5.97 Å². The molecule has 0 amide bonds. The van der Waals surface area contributed by atoms with Crippen molar-refractivity contribution in [2.75, 3.05) is 6.54 Å². The number of carboxylic acids is 1. The zero-order valence-electron chi connectivity index (χ0n) is 11.4. The Hall–Kier alpha value is -1.65. The van der Waals surface area contributed by atoms with Gasteiger partial charge < -0.3 is 5.11 Å². The second kappa shape index (κ2) is 5.38. The first kappa shape index (κ1) is 13.3. The summed E-state index contributed by atoms with van der Waals surface area (Å²) in [4.78, 5) is 15.0. The van der Waals surface area contributed by atoms with Crippen molar-refractivity contribution in [1.82, 2.24) is 4.90 Å². The van der Waals surface area contributed by atoms with Crippen LogP contribution in [0.1, 0.15) is 31.9 Å². The molecule has 20 heavy (non-hydrogen) atoms. The van der Waals surface area contributed by atoms with E-state index in [1.165, 1.54) is 10.4 Å². The number of rotatable bonds is 3. The summed E-state index contributed by atoms with van der Waals surface area (Å²) in [6, 6.07) is 7.76. The summed E-state index contributed by atoms with van der Waals surface area (Å²) >= 11 is 1.80. The van der Waals surface area contributed by atoms with Crippen LogP contribution in [0.5, 0.6) is 0 Å². The number of carbonyl (C=O) groups is 1. The third kappa shape index (κ3) is 2.49. The van der Waals surface area contributed by atoms with Crippen LogP contribution in [0.15, 0.2) is 29.6 Å². The van der Waals surface area contributed by atoms with Crippen molar-refractivity contribution < 1.29 is 9.90 Å². The zero-order chi connectivity index (χ0) is 14.1. The van der Waals surface area contributed by atoms with Crippen molar-refractivity contribution in [3.8, 4) is 0 Å². The van der Waals surface area contributed by atoms with Crippen molar-refractivity contribution in [2.24, 2.45) is 0 Å². The van der Waals surface area contributed by atoms with E-state index in [0.29, 0.717) is 5.56 Å². The van der Waals surface area contributed by atoms with E-state index in [-0.39, 0.29) is 0 Å². The maximum absolute atomic E-state index is 11.2. The minimum absolute atomic E-state index is 0.467. The van der Waals surface area contributed by atoms with Gasteiger partial charge in [-0.3, -0.25) is 4.90 Å². The van der Waals surface area contributed by atoms with Crippen LogP contribution in [-0.2, 0) is 19.5 Å². The van der Waals surface area contributed by atoms with Crippen molar-refractivity contribution in [1.29, 1.82) is 0 Å². The van der Waals surface area contributed by atoms with Gasteiger partial charge in [0, 0.05) is 24.5 Å². The lowest BCUT2D eigenvalue weighted by molar-refractivity contribution is 0.0694. The molecule has 3 rings (SSSR count). The minimum Gasteiger partial charge on any atom is -0.478 e. The average molecular weight is 287 g/mol. The molecule has 2 aromatic rings. The number of nitrogens with zero attached hydrogens (tertiary/aromatic N) is 1. The smallest absolute Gasteiger partial charge is 0.335 e. The highest BCUT2D eigenvalue weighted by Crippen LogP contribution is 2.25. The van der Waals surface area contributed by atoms with Crippen molar-refractivity contribution in [2.45, 2.75) is 26.4 Å². The van der Waals surface area contributed by atoms with E-state index in [9.17, 15) is 9.90 Å². The Balaban J connectivity index is 1.81. The van der Waals surface area contributed by atoms with Gasteiger partial charge in [0.25, 0.3) is 0 Å². The number of hydrogen-bond donors (Lipinski definition) is 1. The van der Waals surface area contributed by atoms with E-state index in [1.807, 2.05) is 6.07 Å². The molecule has 2 heterocycles. The van der Waals surface area contributed by atoms with Crippen LogP contribution in [0.3, 0.4) is 0 Å². The largest absolute Gasteiger partial charge is 0.478 e. The molecule has 0 fully saturated rings. The van der Waals surface area contributed by atoms with E-state index in [4.69, 9.17) is 0 Å². The Morgan fingerprint density at radius 3 is 2.95 bits per heavy atom. The van der Waals surface area contributed by atoms with Gasteiger partial charge >= 0.3 is 5.97 Å². The molecular weight excluding hydrogens is 270 g/mol. The van der Waals surface area contributed by atoms with E-state index >= 15 is 0 Å². The molecule has 1 aromatic carbocycles. The number of carboxylic acid groups (broad SMARTS) is 1. The summed E-state index contributed by atoms with van der Waals surface area (Å²) < 4.78 is 0. The number of aryl methyl sites for hydroxylation is 1. The molecule has 1 N–H and O–H groups in total. The lowest BCUT2D eigenvalue weighted by Crippen LogP contribution is -2.31. The highest BCUT2D eigenvalue weighted by Gasteiger charge is 2.21. The van der Waals surface area contributed by atoms with Gasteiger partial charge in [-0.25, -0.2) is 4.79 Å². The molecule has 0 atom stereocenters. The van der Waals surface area contributed by atoms with Crippen molar-refractivity contribution >= 4 is 17.3 Å². The topological polar surface area (TPSA) is 40.5 Å². The normalized spacial score (nSPS) is 15.1. The SMILES string of the molecule is Cc1ccsc1CN1CCc2c(cccc2C(=O)O)C1. The lowest BCUT2D eigenvalue weighted by atomic mass is 9.94. The summed E-state index contributed by atoms with van der Waals surface area (Å²) in [6.07, 6.45) is 0.822. The van der Waals surface area contributed by atoms with Crippen LogP contribution in [-0.4, -0.2) is 22.5 Å². The van der Waals surface area contributed by atoms with Gasteiger partial charge in [-0.15, -0.1) is 11.3 Å². The predicted octanol–water partition coefficient (Wildman–Crippen LogP) is 3.31. The zero-order valence-corrected chi connectivity index (χ0v) is 12.2. The third-order valence-electron chi connectivity index (χ3n) is 3.91. The Morgan fingerprint density at radius 2 is 2.25 bits per heavy atom. The highest BCUT2D eigenvalue weighted by atomic mass is 32.1. The molecule has 0 saturated heterocycles. The van der Waals surface area contributed by atoms with E-state index in [2.05, 4.69) is 29.3 Å². The number of hydrogen-bond acceptors (Lipinski definition) is 3. The second-order valence-corrected chi connectivity index (χ2v) is 6.24. The molecule has 0 aliphatic carbocycles. The first-order valence-electron chi connectivity index (χ1n) is 6.74. The van der Waals surface area contributed by atoms with Gasteiger partial charge in [0.1, 0.15) is 0 Å². The fraction of sp³-hybridized carbons (Fsp3) is 0.312. The number of aromatic carboxylic acids is 1. The molecule has 104 valence electrons. The summed E-state index contributed by atoms with van der Waals surface area (Å²) in [7, 11) is 0. The van der Waals surface area contributed by atoms with Gasteiger partial charge in [-0.2, -0.15) is 0 Å². The van der Waals surface area contributed by atoms with Gasteiger partial charge in [0.2, 0.25) is 0 Å². The summed E-state index contributed by atoms with van der Waals surface area (Å²) in [6.45, 7) is 4.87. The van der Waals surface area contributed by atoms with Crippen LogP contribution in [0.2, 0.25) is 0 Å². The van der Waals surface area contributed by atoms with Gasteiger partial charge in [-0.05, 0) is 47.5 Å². The summed E-state index contributed by atoms with van der Waals surface area (Å²) in [5.41, 5.74) is 3.99.